The van der Waals surface area contributed by atoms with Crippen LogP contribution in [0.15, 0.2) is 23.6 Å². The molecular formula is C12H12ClN3O2S. The number of nitrogens with zero attached hydrogens (tertiary/aromatic N) is 1. The summed E-state index contributed by atoms with van der Waals surface area (Å²) in [5.41, 5.74) is 6.77. The van der Waals surface area contributed by atoms with E-state index in [4.69, 9.17) is 22.1 Å². The van der Waals surface area contributed by atoms with Crippen molar-refractivity contribution in [2.75, 3.05) is 18.2 Å². The summed E-state index contributed by atoms with van der Waals surface area (Å²) in [5, 5.41) is 5.39. The van der Waals surface area contributed by atoms with Gasteiger partial charge in [-0.25, -0.2) is 4.98 Å². The van der Waals surface area contributed by atoms with Crippen LogP contribution in [0, 0.1) is 0 Å². The number of amides is 1. The second-order valence-electron chi connectivity index (χ2n) is 3.75. The standard InChI is InChI=1S/C12H12ClN3O2S/c1-18-10-3-2-7(4-9(10)13)15-11(17)5-8-6-19-12(14)16-8/h2-4,6H,5H2,1H3,(H2,14,16)(H,15,17). The Balaban J connectivity index is 2.00. The first-order valence-corrected chi connectivity index (χ1v) is 6.67. The van der Waals surface area contributed by atoms with E-state index in [1.807, 2.05) is 0 Å². The van der Waals surface area contributed by atoms with Gasteiger partial charge in [-0.2, -0.15) is 0 Å². The number of carbonyl (C=O) groups excluding carboxylic acids is 1. The highest BCUT2D eigenvalue weighted by Gasteiger charge is 2.08. The van der Waals surface area contributed by atoms with E-state index in [-0.39, 0.29) is 12.3 Å². The third kappa shape index (κ3) is 3.59. The van der Waals surface area contributed by atoms with Gasteiger partial charge in [-0.1, -0.05) is 11.6 Å². The van der Waals surface area contributed by atoms with Gasteiger partial charge in [-0.05, 0) is 18.2 Å². The van der Waals surface area contributed by atoms with Crippen molar-refractivity contribution in [1.82, 2.24) is 4.98 Å². The van der Waals surface area contributed by atoms with Crippen molar-refractivity contribution in [3.8, 4) is 5.75 Å². The molecule has 1 heterocycles. The van der Waals surface area contributed by atoms with Gasteiger partial charge in [-0.3, -0.25) is 4.79 Å². The first kappa shape index (κ1) is 13.6. The van der Waals surface area contributed by atoms with Crippen molar-refractivity contribution >= 4 is 39.7 Å². The summed E-state index contributed by atoms with van der Waals surface area (Å²) in [6.45, 7) is 0. The molecule has 2 aromatic rings. The number of rotatable bonds is 4. The molecule has 0 spiro atoms. The number of anilines is 2. The van der Waals surface area contributed by atoms with Crippen molar-refractivity contribution in [2.24, 2.45) is 0 Å². The molecule has 0 aliphatic heterocycles. The van der Waals surface area contributed by atoms with Crippen LogP contribution in [0.2, 0.25) is 5.02 Å². The minimum Gasteiger partial charge on any atom is -0.495 e. The Morgan fingerprint density at radius 2 is 2.37 bits per heavy atom. The number of methoxy groups -OCH3 is 1. The maximum absolute atomic E-state index is 11.8. The predicted octanol–water partition coefficient (Wildman–Crippen LogP) is 2.57. The van der Waals surface area contributed by atoms with E-state index in [1.165, 1.54) is 18.4 Å². The van der Waals surface area contributed by atoms with Gasteiger partial charge in [0.1, 0.15) is 5.75 Å². The smallest absolute Gasteiger partial charge is 0.230 e. The van der Waals surface area contributed by atoms with E-state index in [0.717, 1.165) is 0 Å². The summed E-state index contributed by atoms with van der Waals surface area (Å²) in [6.07, 6.45) is 0.178. The molecule has 0 atom stereocenters. The molecule has 3 N–H and O–H groups in total. The minimum absolute atomic E-state index is 0.175. The fraction of sp³-hybridized carbons (Fsp3) is 0.167. The van der Waals surface area contributed by atoms with Gasteiger partial charge in [0, 0.05) is 11.1 Å². The summed E-state index contributed by atoms with van der Waals surface area (Å²) < 4.78 is 5.04. The summed E-state index contributed by atoms with van der Waals surface area (Å²) in [7, 11) is 1.53. The summed E-state index contributed by atoms with van der Waals surface area (Å²) >= 11 is 7.28. The van der Waals surface area contributed by atoms with Crippen LogP contribution < -0.4 is 15.8 Å². The molecule has 0 fully saturated rings. The van der Waals surface area contributed by atoms with Gasteiger partial charge in [0.2, 0.25) is 5.91 Å². The Morgan fingerprint density at radius 3 is 2.95 bits per heavy atom. The molecular weight excluding hydrogens is 286 g/mol. The highest BCUT2D eigenvalue weighted by Crippen LogP contribution is 2.27. The molecule has 7 heteroatoms. The highest BCUT2D eigenvalue weighted by atomic mass is 35.5. The predicted molar refractivity (Wildman–Crippen MR) is 76.9 cm³/mol. The number of hydrogen-bond acceptors (Lipinski definition) is 5. The van der Waals surface area contributed by atoms with Crippen LogP contribution >= 0.6 is 22.9 Å². The van der Waals surface area contributed by atoms with E-state index < -0.39 is 0 Å². The fourth-order valence-electron chi connectivity index (χ4n) is 1.52. The number of hydrogen-bond donors (Lipinski definition) is 2. The molecule has 0 aliphatic rings. The van der Waals surface area contributed by atoms with Crippen LogP contribution in [0.4, 0.5) is 10.8 Å². The normalized spacial score (nSPS) is 10.2. The zero-order valence-electron chi connectivity index (χ0n) is 10.1. The molecule has 1 aromatic carbocycles. The topological polar surface area (TPSA) is 77.2 Å². The fourth-order valence-corrected chi connectivity index (χ4v) is 2.34. The minimum atomic E-state index is -0.175. The van der Waals surface area contributed by atoms with E-state index in [9.17, 15) is 4.79 Å². The van der Waals surface area contributed by atoms with Crippen LogP contribution in [0.5, 0.6) is 5.75 Å². The molecule has 1 amide bonds. The number of thiazole rings is 1. The molecule has 0 saturated heterocycles. The van der Waals surface area contributed by atoms with Gasteiger partial charge in [0.15, 0.2) is 5.13 Å². The quantitative estimate of drug-likeness (QED) is 0.909. The Labute approximate surface area is 119 Å². The third-order valence-electron chi connectivity index (χ3n) is 2.35. The van der Waals surface area contributed by atoms with Crippen molar-refractivity contribution in [3.63, 3.8) is 0 Å². The third-order valence-corrected chi connectivity index (χ3v) is 3.36. The Kier molecular flexibility index (Phi) is 4.24. The number of nitrogens with two attached hydrogens (primary N) is 1. The second-order valence-corrected chi connectivity index (χ2v) is 5.05. The SMILES string of the molecule is COc1ccc(NC(=O)Cc2csc(N)n2)cc1Cl. The molecule has 0 aliphatic carbocycles. The number of aromatic nitrogens is 1. The lowest BCUT2D eigenvalue weighted by Gasteiger charge is -2.07. The largest absolute Gasteiger partial charge is 0.495 e. The average molecular weight is 298 g/mol. The van der Waals surface area contributed by atoms with Crippen molar-refractivity contribution in [2.45, 2.75) is 6.42 Å². The number of nitrogen functional groups attached to an aromatic ring is 1. The maximum atomic E-state index is 11.8. The molecule has 0 saturated carbocycles. The molecule has 0 bridgehead atoms. The Morgan fingerprint density at radius 1 is 1.58 bits per heavy atom. The van der Waals surface area contributed by atoms with E-state index in [0.29, 0.717) is 27.3 Å². The first-order valence-electron chi connectivity index (χ1n) is 5.42. The molecule has 0 radical (unpaired) electrons. The Bertz CT molecular complexity index is 600. The summed E-state index contributed by atoms with van der Waals surface area (Å²) in [4.78, 5) is 15.8. The van der Waals surface area contributed by atoms with Gasteiger partial charge in [0.05, 0.1) is 24.2 Å². The van der Waals surface area contributed by atoms with Crippen LogP contribution in [0.1, 0.15) is 5.69 Å². The molecule has 100 valence electrons. The maximum Gasteiger partial charge on any atom is 0.230 e. The van der Waals surface area contributed by atoms with E-state index in [2.05, 4.69) is 10.3 Å². The monoisotopic (exact) mass is 297 g/mol. The van der Waals surface area contributed by atoms with E-state index in [1.54, 1.807) is 23.6 Å². The van der Waals surface area contributed by atoms with Gasteiger partial charge >= 0.3 is 0 Å². The lowest BCUT2D eigenvalue weighted by atomic mass is 10.2. The summed E-state index contributed by atoms with van der Waals surface area (Å²) in [5.74, 6) is 0.387. The van der Waals surface area contributed by atoms with E-state index >= 15 is 0 Å². The van der Waals surface area contributed by atoms with Gasteiger partial charge in [-0.15, -0.1) is 11.3 Å². The van der Waals surface area contributed by atoms with Gasteiger partial charge in [0.25, 0.3) is 0 Å². The van der Waals surface area contributed by atoms with Crippen molar-refractivity contribution in [3.05, 3.63) is 34.3 Å². The average Bonchev–Trinajstić information content (AvgIpc) is 2.74. The van der Waals surface area contributed by atoms with Crippen molar-refractivity contribution < 1.29 is 9.53 Å². The van der Waals surface area contributed by atoms with Crippen LogP contribution in [-0.4, -0.2) is 18.0 Å². The number of nitrogens with one attached hydrogen (secondary N) is 1. The lowest BCUT2D eigenvalue weighted by Crippen LogP contribution is -2.14. The summed E-state index contributed by atoms with van der Waals surface area (Å²) in [6, 6.07) is 5.05. The molecule has 1 aromatic heterocycles. The van der Waals surface area contributed by atoms with Crippen LogP contribution in [-0.2, 0) is 11.2 Å². The van der Waals surface area contributed by atoms with Crippen molar-refractivity contribution in [1.29, 1.82) is 0 Å². The van der Waals surface area contributed by atoms with Gasteiger partial charge < -0.3 is 15.8 Å². The molecule has 5 nitrogen and oxygen atoms in total. The first-order chi connectivity index (χ1) is 9.08. The lowest BCUT2D eigenvalue weighted by molar-refractivity contribution is -0.115. The zero-order valence-corrected chi connectivity index (χ0v) is 11.7. The number of benzene rings is 1. The molecule has 19 heavy (non-hydrogen) atoms. The molecule has 0 unspecified atom stereocenters. The second kappa shape index (κ2) is 5.90. The molecule has 2 rings (SSSR count). The zero-order chi connectivity index (χ0) is 13.8. The highest BCUT2D eigenvalue weighted by molar-refractivity contribution is 7.13. The number of carbonyl (C=O) groups is 1. The van der Waals surface area contributed by atoms with Crippen LogP contribution in [0.25, 0.3) is 0 Å². The Hall–Kier alpha value is -1.79. The number of ether oxygens (including phenoxy) is 1. The number of halogens is 1. The van der Waals surface area contributed by atoms with Crippen LogP contribution in [0.3, 0.4) is 0 Å².